The van der Waals surface area contributed by atoms with Crippen LogP contribution in [0.15, 0.2) is 77.8 Å². The summed E-state index contributed by atoms with van der Waals surface area (Å²) in [6.45, 7) is 1.88. The lowest BCUT2D eigenvalue weighted by Crippen LogP contribution is -2.38. The van der Waals surface area contributed by atoms with E-state index in [0.29, 0.717) is 22.4 Å². The molecule has 2 heterocycles. The second-order valence-electron chi connectivity index (χ2n) is 7.72. The first-order valence-corrected chi connectivity index (χ1v) is 10.7. The van der Waals surface area contributed by atoms with E-state index < -0.39 is 5.92 Å². The number of amides is 1. The Morgan fingerprint density at radius 3 is 2.62 bits per heavy atom. The number of aliphatic imine (C=N–C) groups is 1. The molecule has 0 spiro atoms. The first-order valence-electron chi connectivity index (χ1n) is 10.3. The van der Waals surface area contributed by atoms with Crippen molar-refractivity contribution in [2.75, 3.05) is 12.4 Å². The van der Waals surface area contributed by atoms with E-state index in [1.165, 1.54) is 0 Å². The van der Waals surface area contributed by atoms with Crippen LogP contribution in [-0.2, 0) is 4.79 Å². The van der Waals surface area contributed by atoms with Crippen LogP contribution in [0.1, 0.15) is 18.5 Å². The number of carbonyl (C=O) groups is 1. The molecule has 2 unspecified atom stereocenters. The number of rotatable bonds is 4. The maximum Gasteiger partial charge on any atom is 0.235 e. The number of para-hydroxylation sites is 2. The van der Waals surface area contributed by atoms with Gasteiger partial charge in [-0.05, 0) is 61.0 Å². The minimum Gasteiger partial charge on any atom is -0.497 e. The van der Waals surface area contributed by atoms with Crippen molar-refractivity contribution < 1.29 is 9.53 Å². The molecule has 0 radical (unpaired) electrons. The van der Waals surface area contributed by atoms with Gasteiger partial charge in [0.05, 0.1) is 24.2 Å². The number of benzene rings is 3. The number of carbonyl (C=O) groups excluding carboxylic acids is 1. The Kier molecular flexibility index (Phi) is 5.15. The van der Waals surface area contributed by atoms with Gasteiger partial charge in [-0.1, -0.05) is 35.9 Å². The zero-order valence-electron chi connectivity index (χ0n) is 17.6. The number of nitrogens with one attached hydrogen (secondary N) is 1. The molecule has 160 valence electrons. The van der Waals surface area contributed by atoms with Gasteiger partial charge >= 0.3 is 0 Å². The monoisotopic (exact) mass is 444 g/mol. The van der Waals surface area contributed by atoms with E-state index in [1.54, 1.807) is 31.4 Å². The summed E-state index contributed by atoms with van der Waals surface area (Å²) >= 11 is 6.00. The van der Waals surface area contributed by atoms with E-state index in [1.807, 2.05) is 60.0 Å². The van der Waals surface area contributed by atoms with Crippen molar-refractivity contribution in [3.8, 4) is 5.75 Å². The molecular weight excluding hydrogens is 424 g/mol. The number of fused-ring (bicyclic) bond motifs is 3. The molecule has 0 saturated carbocycles. The average molecular weight is 445 g/mol. The predicted octanol–water partition coefficient (Wildman–Crippen LogP) is 5.65. The number of nitrogens with zero attached hydrogens (tertiary/aromatic N) is 3. The summed E-state index contributed by atoms with van der Waals surface area (Å²) in [6.07, 6.45) is 0. The number of methoxy groups -OCH3 is 1. The van der Waals surface area contributed by atoms with E-state index >= 15 is 0 Å². The zero-order valence-corrected chi connectivity index (χ0v) is 18.4. The molecule has 0 fully saturated rings. The number of halogens is 1. The van der Waals surface area contributed by atoms with Gasteiger partial charge < -0.3 is 10.1 Å². The third kappa shape index (κ3) is 3.52. The molecule has 32 heavy (non-hydrogen) atoms. The smallest absolute Gasteiger partial charge is 0.235 e. The Hall–Kier alpha value is -3.64. The summed E-state index contributed by atoms with van der Waals surface area (Å²) in [4.78, 5) is 23.0. The second-order valence-corrected chi connectivity index (χ2v) is 8.16. The number of hydrogen-bond donors (Lipinski definition) is 1. The van der Waals surface area contributed by atoms with Crippen LogP contribution >= 0.6 is 11.6 Å². The normalized spacial score (nSPS) is 17.5. The second kappa shape index (κ2) is 8.13. The molecule has 7 heteroatoms. The quantitative estimate of drug-likeness (QED) is 0.442. The molecule has 1 N–H and O–H groups in total. The number of ether oxygens (including phenoxy) is 1. The Balaban J connectivity index is 1.65. The summed E-state index contributed by atoms with van der Waals surface area (Å²) < 4.78 is 7.51. The standard InChI is InChI=1S/C25H21ClN4O2/c1-15-22(24(31)28-18-12-10-17(26)11-13-18)23(16-6-5-7-19(14-16)32-2)30-21-9-4-3-8-20(21)29-25(30)27-15/h3-14,22-23H,1-2H3,(H,28,31). The molecule has 5 rings (SSSR count). The molecule has 4 aromatic rings. The van der Waals surface area contributed by atoms with Gasteiger partial charge in [0.25, 0.3) is 0 Å². The summed E-state index contributed by atoms with van der Waals surface area (Å²) in [7, 11) is 1.63. The Bertz CT molecular complexity index is 1340. The summed E-state index contributed by atoms with van der Waals surface area (Å²) in [5.74, 6) is 0.630. The number of hydrogen-bond acceptors (Lipinski definition) is 4. The lowest BCUT2D eigenvalue weighted by atomic mass is 9.87. The predicted molar refractivity (Wildman–Crippen MR) is 127 cm³/mol. The maximum absolute atomic E-state index is 13.6. The lowest BCUT2D eigenvalue weighted by Gasteiger charge is -2.32. The SMILES string of the molecule is COc1cccc(C2C(C(=O)Nc3ccc(Cl)cc3)C(C)=Nc3nc4ccccc4n32)c1. The molecule has 6 nitrogen and oxygen atoms in total. The third-order valence-corrected chi connectivity index (χ3v) is 5.98. The van der Waals surface area contributed by atoms with Crippen LogP contribution in [0.4, 0.5) is 11.6 Å². The fourth-order valence-corrected chi connectivity index (χ4v) is 4.37. The van der Waals surface area contributed by atoms with Gasteiger partial charge in [0.2, 0.25) is 11.9 Å². The van der Waals surface area contributed by atoms with Crippen LogP contribution in [0.5, 0.6) is 5.75 Å². The summed E-state index contributed by atoms with van der Waals surface area (Å²) in [6, 6.07) is 22.4. The highest BCUT2D eigenvalue weighted by Gasteiger charge is 2.39. The minimum absolute atomic E-state index is 0.148. The summed E-state index contributed by atoms with van der Waals surface area (Å²) in [5, 5.41) is 3.64. The van der Waals surface area contributed by atoms with Gasteiger partial charge in [0.1, 0.15) is 11.7 Å². The van der Waals surface area contributed by atoms with Gasteiger partial charge in [0.15, 0.2) is 0 Å². The first kappa shape index (κ1) is 20.3. The maximum atomic E-state index is 13.6. The van der Waals surface area contributed by atoms with Crippen molar-refractivity contribution in [3.05, 3.63) is 83.4 Å². The van der Waals surface area contributed by atoms with Crippen LogP contribution in [0, 0.1) is 5.92 Å². The molecule has 2 atom stereocenters. The Morgan fingerprint density at radius 1 is 1.06 bits per heavy atom. The van der Waals surface area contributed by atoms with E-state index in [0.717, 1.165) is 22.3 Å². The molecule has 3 aromatic carbocycles. The average Bonchev–Trinajstić information content (AvgIpc) is 3.17. The number of imidazole rings is 1. The van der Waals surface area contributed by atoms with E-state index in [4.69, 9.17) is 26.3 Å². The van der Waals surface area contributed by atoms with Crippen LogP contribution in [-0.4, -0.2) is 28.3 Å². The van der Waals surface area contributed by atoms with Crippen LogP contribution in [0.3, 0.4) is 0 Å². The fourth-order valence-electron chi connectivity index (χ4n) is 4.24. The molecule has 1 aliphatic heterocycles. The van der Waals surface area contributed by atoms with Gasteiger partial charge in [-0.25, -0.2) is 9.98 Å². The van der Waals surface area contributed by atoms with Crippen molar-refractivity contribution in [3.63, 3.8) is 0 Å². The Morgan fingerprint density at radius 2 is 1.84 bits per heavy atom. The minimum atomic E-state index is -0.539. The molecule has 0 bridgehead atoms. The largest absolute Gasteiger partial charge is 0.497 e. The zero-order chi connectivity index (χ0) is 22.2. The van der Waals surface area contributed by atoms with Gasteiger partial charge in [-0.3, -0.25) is 9.36 Å². The van der Waals surface area contributed by atoms with Gasteiger partial charge in [-0.2, -0.15) is 0 Å². The lowest BCUT2D eigenvalue weighted by molar-refractivity contribution is -0.118. The van der Waals surface area contributed by atoms with Gasteiger partial charge in [-0.15, -0.1) is 0 Å². The highest BCUT2D eigenvalue weighted by molar-refractivity contribution is 6.30. The Labute approximate surface area is 190 Å². The van der Waals surface area contributed by atoms with E-state index in [-0.39, 0.29) is 11.9 Å². The molecule has 1 amide bonds. The van der Waals surface area contributed by atoms with Crippen LogP contribution in [0.25, 0.3) is 11.0 Å². The van der Waals surface area contributed by atoms with Crippen molar-refractivity contribution in [1.29, 1.82) is 0 Å². The first-order chi connectivity index (χ1) is 15.5. The van der Waals surface area contributed by atoms with Crippen molar-refractivity contribution in [1.82, 2.24) is 9.55 Å². The molecular formula is C25H21ClN4O2. The van der Waals surface area contributed by atoms with Crippen molar-refractivity contribution in [2.45, 2.75) is 13.0 Å². The van der Waals surface area contributed by atoms with Crippen LogP contribution < -0.4 is 10.1 Å². The number of anilines is 1. The highest BCUT2D eigenvalue weighted by Crippen LogP contribution is 2.40. The highest BCUT2D eigenvalue weighted by atomic mass is 35.5. The van der Waals surface area contributed by atoms with E-state index in [2.05, 4.69) is 5.32 Å². The summed E-state index contributed by atoms with van der Waals surface area (Å²) in [5.41, 5.74) is 4.09. The topological polar surface area (TPSA) is 68.5 Å². The molecule has 0 saturated heterocycles. The molecule has 0 aliphatic carbocycles. The van der Waals surface area contributed by atoms with Gasteiger partial charge in [0, 0.05) is 16.4 Å². The third-order valence-electron chi connectivity index (χ3n) is 5.73. The fraction of sp³-hybridized carbons (Fsp3) is 0.160. The number of aromatic nitrogens is 2. The van der Waals surface area contributed by atoms with Crippen molar-refractivity contribution >= 4 is 45.9 Å². The molecule has 1 aromatic heterocycles. The van der Waals surface area contributed by atoms with E-state index in [9.17, 15) is 4.79 Å². The van der Waals surface area contributed by atoms with Crippen molar-refractivity contribution in [2.24, 2.45) is 10.9 Å². The molecule has 1 aliphatic rings. The van der Waals surface area contributed by atoms with Crippen LogP contribution in [0.2, 0.25) is 5.02 Å².